The molecule has 0 saturated heterocycles. The maximum absolute atomic E-state index is 12.5. The zero-order chi connectivity index (χ0) is 17.8. The summed E-state index contributed by atoms with van der Waals surface area (Å²) < 4.78 is 1.55. The van der Waals surface area contributed by atoms with E-state index in [9.17, 15) is 9.59 Å². The Morgan fingerprint density at radius 2 is 2.00 bits per heavy atom. The summed E-state index contributed by atoms with van der Waals surface area (Å²) in [5.74, 6) is -0.0137. The van der Waals surface area contributed by atoms with Crippen molar-refractivity contribution >= 4 is 23.3 Å². The molecular formula is C18H23N5O2. The van der Waals surface area contributed by atoms with Crippen LogP contribution in [-0.4, -0.2) is 35.5 Å². The number of carbonyl (C=O) groups is 2. The molecule has 0 saturated carbocycles. The van der Waals surface area contributed by atoms with E-state index in [1.54, 1.807) is 18.7 Å². The minimum Gasteiger partial charge on any atom is -0.371 e. The van der Waals surface area contributed by atoms with Crippen LogP contribution in [0, 0.1) is 0 Å². The smallest absolute Gasteiger partial charge is 0.271 e. The minimum atomic E-state index is -0.285. The van der Waals surface area contributed by atoms with Crippen molar-refractivity contribution < 1.29 is 9.59 Å². The number of imidazole rings is 1. The van der Waals surface area contributed by atoms with E-state index in [2.05, 4.69) is 27.0 Å². The standard InChI is InChI=1S/C18H23N5O2/c1-19-17-16(18(25)20-2)23(11-21-17)10-15(24)22-14-9-5-7-12-6-3-4-8-13(12)14/h5,7,9,11,19H,3-4,6,8,10H2,1-2H3,(H,20,25)(H,22,24). The van der Waals surface area contributed by atoms with Crippen molar-refractivity contribution in [3.8, 4) is 0 Å². The SMILES string of the molecule is CNC(=O)c1c(NC)ncn1CC(=O)Nc1cccc2c1CCCC2. The van der Waals surface area contributed by atoms with Gasteiger partial charge in [0.15, 0.2) is 11.5 Å². The number of rotatable bonds is 5. The highest BCUT2D eigenvalue weighted by molar-refractivity contribution is 5.98. The van der Waals surface area contributed by atoms with E-state index >= 15 is 0 Å². The molecule has 2 amide bonds. The maximum atomic E-state index is 12.5. The second-order valence-corrected chi connectivity index (χ2v) is 6.10. The average Bonchev–Trinajstić information content (AvgIpc) is 3.04. The molecule has 0 aliphatic heterocycles. The first-order valence-corrected chi connectivity index (χ1v) is 8.49. The van der Waals surface area contributed by atoms with Crippen LogP contribution in [0.15, 0.2) is 24.5 Å². The third kappa shape index (κ3) is 3.50. The van der Waals surface area contributed by atoms with Crippen LogP contribution < -0.4 is 16.0 Å². The van der Waals surface area contributed by atoms with Gasteiger partial charge in [-0.1, -0.05) is 12.1 Å². The van der Waals surface area contributed by atoms with Crippen molar-refractivity contribution in [2.45, 2.75) is 32.2 Å². The number of aryl methyl sites for hydroxylation is 1. The fourth-order valence-corrected chi connectivity index (χ4v) is 3.28. The van der Waals surface area contributed by atoms with Crippen molar-refractivity contribution in [2.75, 3.05) is 24.7 Å². The topological polar surface area (TPSA) is 88.1 Å². The van der Waals surface area contributed by atoms with Gasteiger partial charge in [-0.2, -0.15) is 0 Å². The quantitative estimate of drug-likeness (QED) is 0.774. The molecule has 0 spiro atoms. The molecule has 0 unspecified atom stereocenters. The Balaban J connectivity index is 1.78. The summed E-state index contributed by atoms with van der Waals surface area (Å²) in [6, 6.07) is 6.05. The van der Waals surface area contributed by atoms with Gasteiger partial charge in [-0.05, 0) is 42.9 Å². The van der Waals surface area contributed by atoms with Crippen molar-refractivity contribution in [1.82, 2.24) is 14.9 Å². The number of nitrogens with one attached hydrogen (secondary N) is 3. The number of hydrogen-bond donors (Lipinski definition) is 3. The van der Waals surface area contributed by atoms with Gasteiger partial charge in [0.25, 0.3) is 5.91 Å². The monoisotopic (exact) mass is 341 g/mol. The lowest BCUT2D eigenvalue weighted by atomic mass is 9.90. The molecule has 7 heteroatoms. The lowest BCUT2D eigenvalue weighted by molar-refractivity contribution is -0.116. The number of nitrogens with zero attached hydrogens (tertiary/aromatic N) is 2. The van der Waals surface area contributed by atoms with Crippen LogP contribution in [0.3, 0.4) is 0 Å². The van der Waals surface area contributed by atoms with Crippen LogP contribution >= 0.6 is 0 Å². The van der Waals surface area contributed by atoms with E-state index in [1.807, 2.05) is 12.1 Å². The molecule has 0 radical (unpaired) electrons. The number of anilines is 2. The van der Waals surface area contributed by atoms with Crippen molar-refractivity contribution in [3.05, 3.63) is 41.3 Å². The van der Waals surface area contributed by atoms with Crippen molar-refractivity contribution in [1.29, 1.82) is 0 Å². The highest BCUT2D eigenvalue weighted by Gasteiger charge is 2.19. The average molecular weight is 341 g/mol. The Labute approximate surface area is 146 Å². The number of aromatic nitrogens is 2. The fourth-order valence-electron chi connectivity index (χ4n) is 3.28. The Bertz CT molecular complexity index is 797. The van der Waals surface area contributed by atoms with Crippen molar-refractivity contribution in [3.63, 3.8) is 0 Å². The zero-order valence-electron chi connectivity index (χ0n) is 14.6. The summed E-state index contributed by atoms with van der Waals surface area (Å²) >= 11 is 0. The second-order valence-electron chi connectivity index (χ2n) is 6.10. The first-order valence-electron chi connectivity index (χ1n) is 8.49. The largest absolute Gasteiger partial charge is 0.371 e. The Kier molecular flexibility index (Phi) is 5.02. The van der Waals surface area contributed by atoms with Gasteiger partial charge in [-0.15, -0.1) is 0 Å². The molecule has 132 valence electrons. The molecule has 3 rings (SSSR count). The van der Waals surface area contributed by atoms with Gasteiger partial charge < -0.3 is 20.5 Å². The van der Waals surface area contributed by atoms with E-state index in [-0.39, 0.29) is 18.4 Å². The molecule has 0 atom stereocenters. The van der Waals surface area contributed by atoms with Crippen LogP contribution in [0.25, 0.3) is 0 Å². The van der Waals surface area contributed by atoms with Crippen molar-refractivity contribution in [2.24, 2.45) is 0 Å². The normalized spacial score (nSPS) is 13.0. The minimum absolute atomic E-state index is 0.0289. The van der Waals surface area contributed by atoms with Gasteiger partial charge in [0.1, 0.15) is 6.54 Å². The van der Waals surface area contributed by atoms with Gasteiger partial charge in [0, 0.05) is 19.8 Å². The summed E-state index contributed by atoms with van der Waals surface area (Å²) in [6.45, 7) is 0.0289. The van der Waals surface area contributed by atoms with E-state index in [0.29, 0.717) is 11.5 Å². The molecule has 3 N–H and O–H groups in total. The zero-order valence-corrected chi connectivity index (χ0v) is 14.6. The van der Waals surface area contributed by atoms with E-state index in [4.69, 9.17) is 0 Å². The molecule has 0 bridgehead atoms. The third-order valence-electron chi connectivity index (χ3n) is 4.50. The van der Waals surface area contributed by atoms with Crippen LogP contribution in [0.2, 0.25) is 0 Å². The number of carbonyl (C=O) groups excluding carboxylic acids is 2. The summed E-state index contributed by atoms with van der Waals surface area (Å²) in [7, 11) is 3.24. The van der Waals surface area contributed by atoms with Crippen LogP contribution in [-0.2, 0) is 24.2 Å². The molecule has 0 fully saturated rings. The Hall–Kier alpha value is -2.83. The van der Waals surface area contributed by atoms with Gasteiger partial charge in [0.2, 0.25) is 5.91 Å². The summed E-state index contributed by atoms with van der Waals surface area (Å²) in [6.07, 6.45) is 5.89. The molecule has 1 heterocycles. The van der Waals surface area contributed by atoms with Gasteiger partial charge in [-0.25, -0.2) is 4.98 Å². The Morgan fingerprint density at radius 3 is 2.76 bits per heavy atom. The van der Waals surface area contributed by atoms with Crippen LogP contribution in [0.5, 0.6) is 0 Å². The molecule has 1 aromatic carbocycles. The Morgan fingerprint density at radius 1 is 1.20 bits per heavy atom. The number of fused-ring (bicyclic) bond motifs is 1. The number of amides is 2. The molecule has 7 nitrogen and oxygen atoms in total. The third-order valence-corrected chi connectivity index (χ3v) is 4.50. The molecule has 2 aromatic rings. The predicted octanol–water partition coefficient (Wildman–Crippen LogP) is 1.80. The number of hydrogen-bond acceptors (Lipinski definition) is 4. The molecule has 1 aliphatic rings. The molecule has 1 aliphatic carbocycles. The van der Waals surface area contributed by atoms with Crippen LogP contribution in [0.4, 0.5) is 11.5 Å². The molecular weight excluding hydrogens is 318 g/mol. The van der Waals surface area contributed by atoms with Gasteiger partial charge >= 0.3 is 0 Å². The number of benzene rings is 1. The summed E-state index contributed by atoms with van der Waals surface area (Å²) in [5, 5.41) is 8.44. The highest BCUT2D eigenvalue weighted by atomic mass is 16.2. The van der Waals surface area contributed by atoms with E-state index in [1.165, 1.54) is 23.9 Å². The summed E-state index contributed by atoms with van der Waals surface area (Å²) in [4.78, 5) is 28.7. The van der Waals surface area contributed by atoms with E-state index < -0.39 is 0 Å². The highest BCUT2D eigenvalue weighted by Crippen LogP contribution is 2.27. The van der Waals surface area contributed by atoms with E-state index in [0.717, 1.165) is 24.9 Å². The molecule has 25 heavy (non-hydrogen) atoms. The summed E-state index contributed by atoms with van der Waals surface area (Å²) in [5.41, 5.74) is 3.76. The van der Waals surface area contributed by atoms with Crippen LogP contribution in [0.1, 0.15) is 34.5 Å². The predicted molar refractivity (Wildman–Crippen MR) is 96.9 cm³/mol. The lowest BCUT2D eigenvalue weighted by Crippen LogP contribution is -2.26. The lowest BCUT2D eigenvalue weighted by Gasteiger charge is -2.19. The maximum Gasteiger partial charge on any atom is 0.271 e. The van der Waals surface area contributed by atoms with Gasteiger partial charge in [0.05, 0.1) is 6.33 Å². The first kappa shape index (κ1) is 17.0. The molecule has 1 aromatic heterocycles. The fraction of sp³-hybridized carbons (Fsp3) is 0.389. The van der Waals surface area contributed by atoms with Gasteiger partial charge in [-0.3, -0.25) is 9.59 Å². The second kappa shape index (κ2) is 7.38. The first-order chi connectivity index (χ1) is 12.1.